The Balaban J connectivity index is 2.60. The molecule has 0 aliphatic rings. The number of hydrogen-bond acceptors (Lipinski definition) is 5. The van der Waals surface area contributed by atoms with Crippen LogP contribution in [0, 0.1) is 0 Å². The Labute approximate surface area is 95.1 Å². The number of methoxy groups -OCH3 is 1. The lowest BCUT2D eigenvalue weighted by atomic mass is 10.0. The molecule has 2 unspecified atom stereocenters. The van der Waals surface area contributed by atoms with Crippen molar-refractivity contribution < 1.29 is 14.9 Å². The van der Waals surface area contributed by atoms with Crippen LogP contribution in [0.4, 0.5) is 0 Å². The van der Waals surface area contributed by atoms with E-state index in [0.29, 0.717) is 24.4 Å². The minimum Gasteiger partial charge on any atom is -0.481 e. The lowest BCUT2D eigenvalue weighted by Crippen LogP contribution is -2.23. The van der Waals surface area contributed by atoms with E-state index in [1.807, 2.05) is 0 Å². The smallest absolute Gasteiger partial charge is 0.212 e. The van der Waals surface area contributed by atoms with E-state index in [2.05, 4.69) is 10.3 Å². The van der Waals surface area contributed by atoms with Crippen LogP contribution in [0.15, 0.2) is 18.3 Å². The van der Waals surface area contributed by atoms with Gasteiger partial charge in [0, 0.05) is 17.8 Å². The molecule has 1 aromatic rings. The van der Waals surface area contributed by atoms with Crippen molar-refractivity contribution in [2.24, 2.45) is 0 Å². The summed E-state index contributed by atoms with van der Waals surface area (Å²) in [7, 11) is 3.33. The second-order valence-electron chi connectivity index (χ2n) is 3.54. The van der Waals surface area contributed by atoms with Gasteiger partial charge < -0.3 is 20.3 Å². The molecule has 16 heavy (non-hydrogen) atoms. The van der Waals surface area contributed by atoms with Crippen molar-refractivity contribution in [1.29, 1.82) is 0 Å². The lowest BCUT2D eigenvalue weighted by molar-refractivity contribution is 0.0138. The highest BCUT2D eigenvalue weighted by atomic mass is 16.5. The van der Waals surface area contributed by atoms with Crippen molar-refractivity contribution in [3.05, 3.63) is 23.9 Å². The van der Waals surface area contributed by atoms with Crippen LogP contribution in [0.5, 0.6) is 5.88 Å². The van der Waals surface area contributed by atoms with Gasteiger partial charge in [-0.2, -0.15) is 0 Å². The summed E-state index contributed by atoms with van der Waals surface area (Å²) in [6, 6.07) is 3.35. The van der Waals surface area contributed by atoms with E-state index in [9.17, 15) is 10.2 Å². The van der Waals surface area contributed by atoms with Crippen LogP contribution in [0.2, 0.25) is 0 Å². The summed E-state index contributed by atoms with van der Waals surface area (Å²) < 4.78 is 4.91. The van der Waals surface area contributed by atoms with Crippen LogP contribution in [-0.2, 0) is 0 Å². The van der Waals surface area contributed by atoms with Gasteiger partial charge in [-0.1, -0.05) is 0 Å². The second kappa shape index (κ2) is 6.42. The van der Waals surface area contributed by atoms with Gasteiger partial charge in [0.15, 0.2) is 0 Å². The van der Waals surface area contributed by atoms with E-state index in [0.717, 1.165) is 0 Å². The van der Waals surface area contributed by atoms with Crippen LogP contribution < -0.4 is 10.1 Å². The summed E-state index contributed by atoms with van der Waals surface area (Å²) in [6.45, 7) is 0.655. The van der Waals surface area contributed by atoms with Gasteiger partial charge in [0.05, 0.1) is 13.2 Å². The maximum absolute atomic E-state index is 9.82. The molecule has 90 valence electrons. The van der Waals surface area contributed by atoms with Gasteiger partial charge in [0.2, 0.25) is 5.88 Å². The molecule has 0 aliphatic heterocycles. The number of pyridine rings is 1. The fourth-order valence-corrected chi connectivity index (χ4v) is 1.36. The first kappa shape index (κ1) is 12.9. The molecule has 5 heteroatoms. The molecule has 0 spiro atoms. The van der Waals surface area contributed by atoms with Crippen LogP contribution >= 0.6 is 0 Å². The SMILES string of the molecule is CNCCC(O)C(O)c1ccc(OC)nc1. The first-order chi connectivity index (χ1) is 7.69. The molecule has 0 aromatic carbocycles. The molecule has 0 radical (unpaired) electrons. The summed E-state index contributed by atoms with van der Waals surface area (Å²) in [5, 5.41) is 22.4. The Morgan fingerprint density at radius 2 is 2.19 bits per heavy atom. The third kappa shape index (κ3) is 3.44. The molecule has 1 heterocycles. The molecule has 0 saturated carbocycles. The first-order valence-corrected chi connectivity index (χ1v) is 5.19. The van der Waals surface area contributed by atoms with E-state index < -0.39 is 12.2 Å². The Bertz CT molecular complexity index is 303. The highest BCUT2D eigenvalue weighted by Crippen LogP contribution is 2.19. The molecule has 1 aromatic heterocycles. The topological polar surface area (TPSA) is 74.6 Å². The average molecular weight is 226 g/mol. The Hall–Kier alpha value is -1.17. The number of nitrogens with one attached hydrogen (secondary N) is 1. The number of hydrogen-bond donors (Lipinski definition) is 3. The van der Waals surface area contributed by atoms with E-state index in [1.54, 1.807) is 19.2 Å². The summed E-state index contributed by atoms with van der Waals surface area (Å²) in [6.07, 6.45) is 0.296. The van der Waals surface area contributed by atoms with Crippen molar-refractivity contribution in [1.82, 2.24) is 10.3 Å². The molecule has 0 amide bonds. The van der Waals surface area contributed by atoms with Gasteiger partial charge >= 0.3 is 0 Å². The van der Waals surface area contributed by atoms with Crippen molar-refractivity contribution in [2.75, 3.05) is 20.7 Å². The van der Waals surface area contributed by atoms with Gasteiger partial charge in [-0.05, 0) is 26.1 Å². The molecule has 5 nitrogen and oxygen atoms in total. The molecule has 3 N–H and O–H groups in total. The number of aromatic nitrogens is 1. The van der Waals surface area contributed by atoms with Crippen molar-refractivity contribution in [3.63, 3.8) is 0 Å². The third-order valence-electron chi connectivity index (χ3n) is 2.36. The fraction of sp³-hybridized carbons (Fsp3) is 0.545. The minimum atomic E-state index is -0.910. The van der Waals surface area contributed by atoms with Gasteiger partial charge in [-0.25, -0.2) is 4.98 Å². The Kier molecular flexibility index (Phi) is 5.18. The fourth-order valence-electron chi connectivity index (χ4n) is 1.36. The van der Waals surface area contributed by atoms with Crippen molar-refractivity contribution in [3.8, 4) is 5.88 Å². The summed E-state index contributed by atoms with van der Waals surface area (Å²) in [5.41, 5.74) is 0.587. The normalized spacial score (nSPS) is 14.5. The molecule has 0 saturated heterocycles. The van der Waals surface area contributed by atoms with Gasteiger partial charge in [-0.3, -0.25) is 0 Å². The molecule has 2 atom stereocenters. The average Bonchev–Trinajstić information content (AvgIpc) is 2.35. The number of ether oxygens (including phenoxy) is 1. The van der Waals surface area contributed by atoms with E-state index in [1.165, 1.54) is 13.3 Å². The van der Waals surface area contributed by atoms with Gasteiger partial charge in [0.1, 0.15) is 6.10 Å². The Morgan fingerprint density at radius 1 is 1.44 bits per heavy atom. The standard InChI is InChI=1S/C11H18N2O3/c1-12-6-5-9(14)11(15)8-3-4-10(16-2)13-7-8/h3-4,7,9,11-12,14-15H,5-6H2,1-2H3. The summed E-state index contributed by atoms with van der Waals surface area (Å²) >= 11 is 0. The zero-order chi connectivity index (χ0) is 12.0. The quantitative estimate of drug-likeness (QED) is 0.641. The van der Waals surface area contributed by atoms with E-state index in [-0.39, 0.29) is 0 Å². The summed E-state index contributed by atoms with van der Waals surface area (Å²) in [5.74, 6) is 0.487. The second-order valence-corrected chi connectivity index (χ2v) is 3.54. The third-order valence-corrected chi connectivity index (χ3v) is 2.36. The highest BCUT2D eigenvalue weighted by Gasteiger charge is 2.17. The molecule has 0 fully saturated rings. The molecular formula is C11H18N2O3. The maximum Gasteiger partial charge on any atom is 0.212 e. The Morgan fingerprint density at radius 3 is 2.69 bits per heavy atom. The minimum absolute atomic E-state index is 0.487. The molecule has 1 rings (SSSR count). The van der Waals surface area contributed by atoms with Crippen LogP contribution in [0.3, 0.4) is 0 Å². The lowest BCUT2D eigenvalue weighted by Gasteiger charge is -2.17. The predicted octanol–water partition coefficient (Wildman–Crippen LogP) is 0.0940. The monoisotopic (exact) mass is 226 g/mol. The van der Waals surface area contributed by atoms with Crippen LogP contribution in [0.25, 0.3) is 0 Å². The molecule has 0 bridgehead atoms. The van der Waals surface area contributed by atoms with Crippen LogP contribution in [0.1, 0.15) is 18.1 Å². The number of aliphatic hydroxyl groups excluding tert-OH is 2. The van der Waals surface area contributed by atoms with E-state index in [4.69, 9.17) is 4.74 Å². The van der Waals surface area contributed by atoms with Gasteiger partial charge in [-0.15, -0.1) is 0 Å². The zero-order valence-corrected chi connectivity index (χ0v) is 9.55. The maximum atomic E-state index is 9.82. The van der Waals surface area contributed by atoms with Crippen LogP contribution in [-0.4, -0.2) is 42.0 Å². The van der Waals surface area contributed by atoms with E-state index >= 15 is 0 Å². The predicted molar refractivity (Wildman–Crippen MR) is 60.3 cm³/mol. The molecular weight excluding hydrogens is 208 g/mol. The van der Waals surface area contributed by atoms with Gasteiger partial charge in [0.25, 0.3) is 0 Å². The zero-order valence-electron chi connectivity index (χ0n) is 9.55. The summed E-state index contributed by atoms with van der Waals surface area (Å²) in [4.78, 5) is 3.97. The van der Waals surface area contributed by atoms with Crippen molar-refractivity contribution >= 4 is 0 Å². The number of nitrogens with zero attached hydrogens (tertiary/aromatic N) is 1. The molecule has 0 aliphatic carbocycles. The first-order valence-electron chi connectivity index (χ1n) is 5.19. The number of rotatable bonds is 6. The largest absolute Gasteiger partial charge is 0.481 e. The number of aliphatic hydroxyl groups is 2. The van der Waals surface area contributed by atoms with Crippen molar-refractivity contribution in [2.45, 2.75) is 18.6 Å². The highest BCUT2D eigenvalue weighted by molar-refractivity contribution is 5.20.